The maximum atomic E-state index is 5.93. The van der Waals surface area contributed by atoms with E-state index in [2.05, 4.69) is 30.9 Å². The van der Waals surface area contributed by atoms with Gasteiger partial charge in [-0.2, -0.15) is 0 Å². The second-order valence-electron chi connectivity index (χ2n) is 5.76. The van der Waals surface area contributed by atoms with Gasteiger partial charge in [-0.25, -0.2) is 15.0 Å². The number of hydrogen-bond donors (Lipinski definition) is 3. The van der Waals surface area contributed by atoms with Crippen molar-refractivity contribution in [3.05, 3.63) is 52.3 Å². The third-order valence-corrected chi connectivity index (χ3v) is 3.87. The first-order valence-electron chi connectivity index (χ1n) is 8.38. The smallest absolute Gasteiger partial charge is 0.229 e. The van der Waals surface area contributed by atoms with Gasteiger partial charge in [0.2, 0.25) is 11.9 Å². The minimum absolute atomic E-state index is 0.429. The Kier molecular flexibility index (Phi) is 8.38. The lowest BCUT2D eigenvalue weighted by atomic mass is 10.2. The van der Waals surface area contributed by atoms with Gasteiger partial charge in [-0.3, -0.25) is 5.32 Å². The summed E-state index contributed by atoms with van der Waals surface area (Å²) < 4.78 is 5.01. The van der Waals surface area contributed by atoms with Gasteiger partial charge in [-0.1, -0.05) is 23.7 Å². The van der Waals surface area contributed by atoms with Crippen LogP contribution in [0.25, 0.3) is 0 Å². The van der Waals surface area contributed by atoms with Crippen molar-refractivity contribution >= 4 is 40.8 Å². The van der Waals surface area contributed by atoms with Crippen LogP contribution in [0.4, 0.5) is 5.95 Å². The molecule has 0 atom stereocenters. The lowest BCUT2D eigenvalue weighted by Crippen LogP contribution is -2.43. The Morgan fingerprint density at radius 3 is 2.48 bits per heavy atom. The molecule has 0 fully saturated rings. The van der Waals surface area contributed by atoms with E-state index in [1.54, 1.807) is 7.11 Å². The van der Waals surface area contributed by atoms with E-state index in [4.69, 9.17) is 28.6 Å². The van der Waals surface area contributed by atoms with Crippen LogP contribution >= 0.6 is 23.8 Å². The molecule has 2 rings (SSSR count). The molecule has 3 N–H and O–H groups in total. The molecule has 144 valence electrons. The highest BCUT2D eigenvalue weighted by Crippen LogP contribution is 2.10. The quantitative estimate of drug-likeness (QED) is 0.294. The molecule has 0 radical (unpaired) electrons. The van der Waals surface area contributed by atoms with Crippen molar-refractivity contribution in [2.24, 2.45) is 4.99 Å². The fraction of sp³-hybridized carbons (Fsp3) is 0.333. The number of nitrogens with zero attached hydrogens (tertiary/aromatic N) is 3. The van der Waals surface area contributed by atoms with Gasteiger partial charge >= 0.3 is 0 Å². The van der Waals surface area contributed by atoms with Gasteiger partial charge in [0.1, 0.15) is 0 Å². The number of thiocarbonyl (C=S) groups is 1. The molecule has 0 amide bonds. The number of methoxy groups -OCH3 is 1. The van der Waals surface area contributed by atoms with E-state index in [-0.39, 0.29) is 0 Å². The van der Waals surface area contributed by atoms with E-state index >= 15 is 0 Å². The summed E-state index contributed by atoms with van der Waals surface area (Å²) in [6.45, 7) is 5.40. The van der Waals surface area contributed by atoms with Crippen LogP contribution in [0, 0.1) is 13.8 Å². The van der Waals surface area contributed by atoms with Gasteiger partial charge in [0.05, 0.1) is 13.2 Å². The third-order valence-electron chi connectivity index (χ3n) is 3.37. The summed E-state index contributed by atoms with van der Waals surface area (Å²) in [4.78, 5) is 13.3. The Labute approximate surface area is 169 Å². The highest BCUT2D eigenvalue weighted by atomic mass is 35.5. The fourth-order valence-electron chi connectivity index (χ4n) is 2.18. The molecule has 0 unspecified atom stereocenters. The summed E-state index contributed by atoms with van der Waals surface area (Å²) in [5, 5.41) is 10.3. The Bertz CT molecular complexity index is 777. The van der Waals surface area contributed by atoms with E-state index in [1.165, 1.54) is 0 Å². The SMILES string of the molecule is COCCNC(=S)NC(=NCc1ccc(Cl)cc1)Nc1nc(C)cc(C)n1. The van der Waals surface area contributed by atoms with Crippen molar-refractivity contribution in [3.63, 3.8) is 0 Å². The molecule has 2 aromatic rings. The maximum Gasteiger partial charge on any atom is 0.229 e. The number of aromatic nitrogens is 2. The van der Waals surface area contributed by atoms with E-state index in [0.717, 1.165) is 17.0 Å². The fourth-order valence-corrected chi connectivity index (χ4v) is 2.50. The molecule has 0 saturated carbocycles. The maximum absolute atomic E-state index is 5.93. The van der Waals surface area contributed by atoms with Crippen LogP contribution in [0.5, 0.6) is 0 Å². The molecule has 0 spiro atoms. The van der Waals surface area contributed by atoms with Gasteiger partial charge in [-0.15, -0.1) is 0 Å². The van der Waals surface area contributed by atoms with Gasteiger partial charge in [0, 0.05) is 30.1 Å². The predicted octanol–water partition coefficient (Wildman–Crippen LogP) is 2.83. The molecular formula is C18H23ClN6OS. The molecule has 1 heterocycles. The molecule has 0 aliphatic carbocycles. The Morgan fingerprint density at radius 1 is 1.19 bits per heavy atom. The van der Waals surface area contributed by atoms with Crippen LogP contribution in [-0.4, -0.2) is 41.3 Å². The lowest BCUT2D eigenvalue weighted by Gasteiger charge is -2.14. The Hall–Kier alpha value is -2.29. The zero-order valence-corrected chi connectivity index (χ0v) is 17.1. The molecule has 1 aromatic heterocycles. The van der Waals surface area contributed by atoms with Crippen molar-refractivity contribution in [2.45, 2.75) is 20.4 Å². The average Bonchev–Trinajstić information content (AvgIpc) is 2.60. The zero-order valence-electron chi connectivity index (χ0n) is 15.5. The summed E-state index contributed by atoms with van der Waals surface area (Å²) in [6, 6.07) is 9.41. The number of nitrogens with one attached hydrogen (secondary N) is 3. The first-order valence-corrected chi connectivity index (χ1v) is 9.17. The summed E-state index contributed by atoms with van der Waals surface area (Å²) >= 11 is 11.2. The van der Waals surface area contributed by atoms with Gasteiger partial charge in [0.15, 0.2) is 5.11 Å². The number of hydrogen-bond acceptors (Lipinski definition) is 5. The van der Waals surface area contributed by atoms with Crippen LogP contribution in [0.3, 0.4) is 0 Å². The molecule has 1 aromatic carbocycles. The van der Waals surface area contributed by atoms with Gasteiger partial charge in [0.25, 0.3) is 0 Å². The number of guanidine groups is 1. The number of aryl methyl sites for hydroxylation is 2. The zero-order chi connectivity index (χ0) is 19.6. The number of halogens is 1. The normalized spacial score (nSPS) is 11.2. The van der Waals surface area contributed by atoms with Gasteiger partial charge in [-0.05, 0) is 49.8 Å². The number of aliphatic imine (C=N–C) groups is 1. The van der Waals surface area contributed by atoms with E-state index in [1.807, 2.05) is 44.2 Å². The molecule has 27 heavy (non-hydrogen) atoms. The molecule has 9 heteroatoms. The minimum atomic E-state index is 0.429. The van der Waals surface area contributed by atoms with Gasteiger partial charge < -0.3 is 15.4 Å². The number of benzene rings is 1. The number of rotatable bonds is 6. The van der Waals surface area contributed by atoms with Crippen molar-refractivity contribution in [2.75, 3.05) is 25.6 Å². The Morgan fingerprint density at radius 2 is 1.85 bits per heavy atom. The molecule has 7 nitrogen and oxygen atoms in total. The summed E-state index contributed by atoms with van der Waals surface area (Å²) in [6.07, 6.45) is 0. The molecule has 0 aliphatic heterocycles. The van der Waals surface area contributed by atoms with Crippen molar-refractivity contribution < 1.29 is 4.74 Å². The van der Waals surface area contributed by atoms with Crippen LogP contribution in [0.1, 0.15) is 17.0 Å². The molecule has 0 bridgehead atoms. The topological polar surface area (TPSA) is 83.5 Å². The highest BCUT2D eigenvalue weighted by molar-refractivity contribution is 7.80. The summed E-state index contributed by atoms with van der Waals surface area (Å²) in [5.74, 6) is 0.902. The number of anilines is 1. The van der Waals surface area contributed by atoms with Crippen LogP contribution in [0.15, 0.2) is 35.3 Å². The molecule has 0 aliphatic rings. The monoisotopic (exact) mass is 406 g/mol. The highest BCUT2D eigenvalue weighted by Gasteiger charge is 2.07. The molecular weight excluding hydrogens is 384 g/mol. The van der Waals surface area contributed by atoms with Crippen LogP contribution < -0.4 is 16.0 Å². The van der Waals surface area contributed by atoms with Crippen molar-refractivity contribution in [1.82, 2.24) is 20.6 Å². The van der Waals surface area contributed by atoms with E-state index in [0.29, 0.717) is 41.7 Å². The number of ether oxygens (including phenoxy) is 1. The van der Waals surface area contributed by atoms with Crippen molar-refractivity contribution in [3.8, 4) is 0 Å². The first-order chi connectivity index (χ1) is 13.0. The second-order valence-corrected chi connectivity index (χ2v) is 6.61. The lowest BCUT2D eigenvalue weighted by molar-refractivity contribution is 0.204. The van der Waals surface area contributed by atoms with Crippen molar-refractivity contribution in [1.29, 1.82) is 0 Å². The van der Waals surface area contributed by atoms with E-state index < -0.39 is 0 Å². The predicted molar refractivity (Wildman–Crippen MR) is 113 cm³/mol. The van der Waals surface area contributed by atoms with Crippen LogP contribution in [-0.2, 0) is 11.3 Å². The summed E-state index contributed by atoms with van der Waals surface area (Å²) in [7, 11) is 1.64. The largest absolute Gasteiger partial charge is 0.383 e. The van der Waals surface area contributed by atoms with Crippen LogP contribution in [0.2, 0.25) is 5.02 Å². The average molecular weight is 407 g/mol. The van der Waals surface area contributed by atoms with E-state index in [9.17, 15) is 0 Å². The summed E-state index contributed by atoms with van der Waals surface area (Å²) in [5.41, 5.74) is 2.74. The Balaban J connectivity index is 2.12. The second kappa shape index (κ2) is 10.8. The first kappa shape index (κ1) is 21.0. The minimum Gasteiger partial charge on any atom is -0.383 e. The third kappa shape index (κ3) is 7.86. The molecule has 0 saturated heterocycles. The standard InChI is InChI=1S/C18H23ClN6OS/c1-12-10-13(2)23-17(22-12)24-16(25-18(27)20-8-9-26-3)21-11-14-4-6-15(19)7-5-14/h4-7,10H,8-9,11H2,1-3H3,(H3,20,21,22,23,24,25,27).